The van der Waals surface area contributed by atoms with Gasteiger partial charge in [0.25, 0.3) is 5.91 Å². The van der Waals surface area contributed by atoms with Gasteiger partial charge in [-0.05, 0) is 58.4 Å². The van der Waals surface area contributed by atoms with E-state index in [1.807, 2.05) is 0 Å². The minimum absolute atomic E-state index is 0.0872. The molecular formula is C15H21NO4. The maximum Gasteiger partial charge on any atom is 0.311 e. The fourth-order valence-electron chi connectivity index (χ4n) is 1.68. The Morgan fingerprint density at radius 2 is 1.70 bits per heavy atom. The summed E-state index contributed by atoms with van der Waals surface area (Å²) in [6.07, 6.45) is 0. The molecule has 1 amide bonds. The molecule has 0 aliphatic carbocycles. The van der Waals surface area contributed by atoms with Gasteiger partial charge in [-0.15, -0.1) is 0 Å². The van der Waals surface area contributed by atoms with E-state index in [1.165, 1.54) is 18.2 Å². The van der Waals surface area contributed by atoms with Gasteiger partial charge in [-0.3, -0.25) is 9.59 Å². The number of aryl methyl sites for hydroxylation is 1. The molecule has 0 saturated heterocycles. The van der Waals surface area contributed by atoms with Gasteiger partial charge in [0.05, 0.1) is 11.0 Å². The Labute approximate surface area is 118 Å². The number of aliphatic carboxylic acids is 1. The van der Waals surface area contributed by atoms with E-state index >= 15 is 0 Å². The first-order valence-electron chi connectivity index (χ1n) is 6.34. The van der Waals surface area contributed by atoms with E-state index in [-0.39, 0.29) is 11.7 Å². The topological polar surface area (TPSA) is 86.6 Å². The lowest BCUT2D eigenvalue weighted by Gasteiger charge is -2.38. The zero-order valence-corrected chi connectivity index (χ0v) is 12.4. The second-order valence-corrected chi connectivity index (χ2v) is 6.01. The molecule has 0 aliphatic rings. The van der Waals surface area contributed by atoms with Gasteiger partial charge in [0.15, 0.2) is 0 Å². The highest BCUT2D eigenvalue weighted by Gasteiger charge is 2.44. The molecule has 0 bridgehead atoms. The summed E-state index contributed by atoms with van der Waals surface area (Å²) in [5, 5.41) is 21.4. The minimum atomic E-state index is -1.12. The van der Waals surface area contributed by atoms with Crippen LogP contribution in [0.1, 0.15) is 43.6 Å². The van der Waals surface area contributed by atoms with Gasteiger partial charge >= 0.3 is 5.97 Å². The van der Waals surface area contributed by atoms with Crippen molar-refractivity contribution in [3.63, 3.8) is 0 Å². The molecule has 0 radical (unpaired) electrons. The number of benzene rings is 1. The van der Waals surface area contributed by atoms with Crippen molar-refractivity contribution in [2.45, 2.75) is 40.2 Å². The molecule has 0 heterocycles. The Bertz CT molecular complexity index is 547. The maximum atomic E-state index is 12.3. The van der Waals surface area contributed by atoms with Crippen molar-refractivity contribution in [3.8, 4) is 5.75 Å². The van der Waals surface area contributed by atoms with Crippen LogP contribution in [0.15, 0.2) is 18.2 Å². The van der Waals surface area contributed by atoms with E-state index in [2.05, 4.69) is 5.32 Å². The van der Waals surface area contributed by atoms with Crippen LogP contribution in [0.5, 0.6) is 5.75 Å². The van der Waals surface area contributed by atoms with Crippen molar-refractivity contribution in [1.29, 1.82) is 0 Å². The van der Waals surface area contributed by atoms with Crippen LogP contribution in [0.2, 0.25) is 0 Å². The smallest absolute Gasteiger partial charge is 0.311 e. The van der Waals surface area contributed by atoms with Gasteiger partial charge in [-0.25, -0.2) is 0 Å². The monoisotopic (exact) mass is 279 g/mol. The van der Waals surface area contributed by atoms with E-state index in [1.54, 1.807) is 34.6 Å². The Morgan fingerprint density at radius 3 is 2.15 bits per heavy atom. The van der Waals surface area contributed by atoms with E-state index in [9.17, 15) is 19.8 Å². The lowest BCUT2D eigenvalue weighted by atomic mass is 9.74. The van der Waals surface area contributed by atoms with Crippen LogP contribution in [0.4, 0.5) is 0 Å². The molecule has 0 aliphatic heterocycles. The van der Waals surface area contributed by atoms with E-state index in [0.717, 1.165) is 0 Å². The normalized spacial score (nSPS) is 12.1. The number of hydrogen-bond donors (Lipinski definition) is 3. The number of rotatable bonds is 4. The summed E-state index contributed by atoms with van der Waals surface area (Å²) in [7, 11) is 0. The summed E-state index contributed by atoms with van der Waals surface area (Å²) in [5.41, 5.74) is -1.00. The standard InChI is InChI=1S/C15H21NO4/c1-9-8-10(17)6-7-11(9)12(18)16-15(4,5)14(2,3)13(19)20/h6-8,17H,1-5H3,(H,16,18)(H,19,20). The number of aromatic hydroxyl groups is 1. The van der Waals surface area contributed by atoms with Gasteiger partial charge < -0.3 is 15.5 Å². The first-order chi connectivity index (χ1) is 8.99. The van der Waals surface area contributed by atoms with Crippen molar-refractivity contribution in [1.82, 2.24) is 5.32 Å². The second-order valence-electron chi connectivity index (χ2n) is 6.01. The summed E-state index contributed by atoms with van der Waals surface area (Å²) in [6.45, 7) is 8.20. The van der Waals surface area contributed by atoms with Crippen molar-refractivity contribution >= 4 is 11.9 Å². The van der Waals surface area contributed by atoms with E-state index < -0.39 is 16.9 Å². The minimum Gasteiger partial charge on any atom is -0.508 e. The van der Waals surface area contributed by atoms with Crippen LogP contribution in [0.25, 0.3) is 0 Å². The predicted molar refractivity (Wildman–Crippen MR) is 75.8 cm³/mol. The SMILES string of the molecule is Cc1cc(O)ccc1C(=O)NC(C)(C)C(C)(C)C(=O)O. The van der Waals surface area contributed by atoms with Gasteiger partial charge in [0, 0.05) is 5.56 Å². The zero-order chi connectivity index (χ0) is 15.7. The molecule has 0 atom stereocenters. The fraction of sp³-hybridized carbons (Fsp3) is 0.467. The van der Waals surface area contributed by atoms with Gasteiger partial charge in [0.2, 0.25) is 0 Å². The number of hydrogen-bond acceptors (Lipinski definition) is 3. The Morgan fingerprint density at radius 1 is 1.15 bits per heavy atom. The highest BCUT2D eigenvalue weighted by molar-refractivity contribution is 5.96. The lowest BCUT2D eigenvalue weighted by Crippen LogP contribution is -2.57. The summed E-state index contributed by atoms with van der Waals surface area (Å²) in [5.74, 6) is -1.25. The zero-order valence-electron chi connectivity index (χ0n) is 12.4. The van der Waals surface area contributed by atoms with Gasteiger partial charge in [-0.1, -0.05) is 0 Å². The molecule has 0 spiro atoms. The fourth-order valence-corrected chi connectivity index (χ4v) is 1.68. The summed E-state index contributed by atoms with van der Waals surface area (Å²) >= 11 is 0. The van der Waals surface area contributed by atoms with Crippen LogP contribution in [-0.4, -0.2) is 27.6 Å². The highest BCUT2D eigenvalue weighted by atomic mass is 16.4. The number of phenolic OH excluding ortho intramolecular Hbond substituents is 1. The molecule has 5 heteroatoms. The molecular weight excluding hydrogens is 258 g/mol. The number of carbonyl (C=O) groups excluding carboxylic acids is 1. The quantitative estimate of drug-likeness (QED) is 0.789. The Balaban J connectivity index is 3.03. The summed E-state index contributed by atoms with van der Waals surface area (Å²) < 4.78 is 0. The molecule has 110 valence electrons. The number of carbonyl (C=O) groups is 2. The number of carboxylic acids is 1. The third-order valence-corrected chi connectivity index (χ3v) is 3.98. The number of amides is 1. The van der Waals surface area contributed by atoms with Gasteiger partial charge in [-0.2, -0.15) is 0 Å². The van der Waals surface area contributed by atoms with Crippen molar-refractivity contribution in [3.05, 3.63) is 29.3 Å². The molecule has 0 unspecified atom stereocenters. The molecule has 1 aromatic rings. The molecule has 5 nitrogen and oxygen atoms in total. The van der Waals surface area contributed by atoms with E-state index in [0.29, 0.717) is 11.1 Å². The number of carboxylic acid groups (broad SMARTS) is 1. The second kappa shape index (κ2) is 5.15. The molecule has 3 N–H and O–H groups in total. The maximum absolute atomic E-state index is 12.3. The largest absolute Gasteiger partial charge is 0.508 e. The third-order valence-electron chi connectivity index (χ3n) is 3.98. The number of nitrogens with one attached hydrogen (secondary N) is 1. The number of phenols is 1. The summed E-state index contributed by atoms with van der Waals surface area (Å²) in [4.78, 5) is 23.6. The molecule has 1 aromatic carbocycles. The van der Waals surface area contributed by atoms with Crippen molar-refractivity contribution in [2.75, 3.05) is 0 Å². The summed E-state index contributed by atoms with van der Waals surface area (Å²) in [6, 6.07) is 4.44. The highest BCUT2D eigenvalue weighted by Crippen LogP contribution is 2.31. The average molecular weight is 279 g/mol. The first-order valence-corrected chi connectivity index (χ1v) is 6.34. The third kappa shape index (κ3) is 2.92. The molecule has 0 saturated carbocycles. The lowest BCUT2D eigenvalue weighted by molar-refractivity contribution is -0.150. The molecule has 1 rings (SSSR count). The van der Waals surface area contributed by atoms with Crippen LogP contribution < -0.4 is 5.32 Å². The molecule has 20 heavy (non-hydrogen) atoms. The Kier molecular flexibility index (Phi) is 4.12. The van der Waals surface area contributed by atoms with Crippen molar-refractivity contribution < 1.29 is 19.8 Å². The predicted octanol–water partition coefficient (Wildman–Crippen LogP) is 2.32. The van der Waals surface area contributed by atoms with Gasteiger partial charge in [0.1, 0.15) is 5.75 Å². The van der Waals surface area contributed by atoms with Crippen LogP contribution >= 0.6 is 0 Å². The average Bonchev–Trinajstić information content (AvgIpc) is 2.27. The van der Waals surface area contributed by atoms with Crippen LogP contribution in [0, 0.1) is 12.3 Å². The van der Waals surface area contributed by atoms with Crippen LogP contribution in [0.3, 0.4) is 0 Å². The molecule has 0 aromatic heterocycles. The first kappa shape index (κ1) is 16.0. The van der Waals surface area contributed by atoms with Crippen molar-refractivity contribution in [2.24, 2.45) is 5.41 Å². The van der Waals surface area contributed by atoms with E-state index in [4.69, 9.17) is 0 Å². The Hall–Kier alpha value is -2.04. The molecule has 0 fully saturated rings. The van der Waals surface area contributed by atoms with Crippen LogP contribution in [-0.2, 0) is 4.79 Å².